The molecule has 2 unspecified atom stereocenters. The van der Waals surface area contributed by atoms with Crippen molar-refractivity contribution in [3.8, 4) is 0 Å². The van der Waals surface area contributed by atoms with Crippen molar-refractivity contribution in [1.82, 2.24) is 9.80 Å². The second-order valence-electron chi connectivity index (χ2n) is 6.60. The number of benzene rings is 1. The summed E-state index contributed by atoms with van der Waals surface area (Å²) < 4.78 is 0. The molecule has 2 aliphatic heterocycles. The fourth-order valence-electron chi connectivity index (χ4n) is 3.77. The molecule has 3 rings (SSSR count). The number of piperazine rings is 1. The Labute approximate surface area is 128 Å². The van der Waals surface area contributed by atoms with E-state index in [4.69, 9.17) is 0 Å². The second kappa shape index (κ2) is 6.91. The van der Waals surface area contributed by atoms with Crippen LogP contribution in [0.5, 0.6) is 0 Å². The van der Waals surface area contributed by atoms with Crippen molar-refractivity contribution >= 4 is 0 Å². The summed E-state index contributed by atoms with van der Waals surface area (Å²) in [5.41, 5.74) is 2.43. The van der Waals surface area contributed by atoms with Crippen molar-refractivity contribution in [2.24, 2.45) is 0 Å². The minimum atomic E-state index is -0.353. The number of hydrogen-bond donors (Lipinski definition) is 1. The molecule has 2 saturated heterocycles. The van der Waals surface area contributed by atoms with E-state index in [1.807, 2.05) is 0 Å². The van der Waals surface area contributed by atoms with Crippen LogP contribution in [0.15, 0.2) is 24.3 Å². The van der Waals surface area contributed by atoms with Gasteiger partial charge in [0.15, 0.2) is 0 Å². The van der Waals surface area contributed by atoms with Crippen LogP contribution in [0.25, 0.3) is 0 Å². The van der Waals surface area contributed by atoms with Crippen LogP contribution in [-0.2, 0) is 6.42 Å². The van der Waals surface area contributed by atoms with Crippen molar-refractivity contribution in [2.45, 2.75) is 44.8 Å². The Bertz CT molecular complexity index is 445. The highest BCUT2D eigenvalue weighted by Gasteiger charge is 2.31. The summed E-state index contributed by atoms with van der Waals surface area (Å²) in [6.07, 6.45) is 4.62. The monoisotopic (exact) mass is 288 g/mol. The topological polar surface area (TPSA) is 26.7 Å². The van der Waals surface area contributed by atoms with Gasteiger partial charge in [-0.1, -0.05) is 37.6 Å². The lowest BCUT2D eigenvalue weighted by molar-refractivity contribution is 0.0566. The van der Waals surface area contributed by atoms with Gasteiger partial charge in [-0.05, 0) is 36.9 Å². The molecule has 0 aliphatic carbocycles. The molecule has 1 aromatic carbocycles. The molecule has 2 fully saturated rings. The van der Waals surface area contributed by atoms with Crippen molar-refractivity contribution in [1.29, 1.82) is 0 Å². The molecule has 3 heteroatoms. The van der Waals surface area contributed by atoms with E-state index in [1.54, 1.807) is 0 Å². The number of rotatable bonds is 5. The number of aliphatic hydroxyl groups is 1. The quantitative estimate of drug-likeness (QED) is 0.901. The number of β-amino-alcohol motifs (C(OH)–C–C–N with tert-alkyl or cyclic N) is 1. The molecular weight excluding hydrogens is 260 g/mol. The van der Waals surface area contributed by atoms with Crippen LogP contribution in [0.1, 0.15) is 43.4 Å². The first kappa shape index (κ1) is 15.0. The minimum Gasteiger partial charge on any atom is -0.387 e. The van der Waals surface area contributed by atoms with Gasteiger partial charge in [0, 0.05) is 32.2 Å². The van der Waals surface area contributed by atoms with Gasteiger partial charge < -0.3 is 5.11 Å². The molecule has 0 bridgehead atoms. The average Bonchev–Trinajstić information content (AvgIpc) is 2.96. The molecule has 2 atom stereocenters. The maximum Gasteiger partial charge on any atom is 0.0916 e. The van der Waals surface area contributed by atoms with Gasteiger partial charge in [0.05, 0.1) is 6.10 Å². The molecule has 21 heavy (non-hydrogen) atoms. The Balaban J connectivity index is 1.54. The predicted octanol–water partition coefficient (Wildman–Crippen LogP) is 2.45. The standard InChI is InChI=1S/C18H28N2O/c1-2-4-15-6-8-16(9-7-15)18(21)14-19-11-12-20-10-3-5-17(20)13-19/h6-9,17-18,21H,2-5,10-14H2,1H3. The highest BCUT2D eigenvalue weighted by atomic mass is 16.3. The van der Waals surface area contributed by atoms with Crippen molar-refractivity contribution in [2.75, 3.05) is 32.7 Å². The fraction of sp³-hybridized carbons (Fsp3) is 0.667. The molecule has 1 N–H and O–H groups in total. The molecule has 0 amide bonds. The zero-order valence-electron chi connectivity index (χ0n) is 13.2. The summed E-state index contributed by atoms with van der Waals surface area (Å²) in [4.78, 5) is 5.06. The average molecular weight is 288 g/mol. The number of hydrogen-bond acceptors (Lipinski definition) is 3. The third-order valence-electron chi connectivity index (χ3n) is 5.01. The fourth-order valence-corrected chi connectivity index (χ4v) is 3.77. The zero-order valence-corrected chi connectivity index (χ0v) is 13.2. The van der Waals surface area contributed by atoms with Gasteiger partial charge in [-0.3, -0.25) is 9.80 Å². The smallest absolute Gasteiger partial charge is 0.0916 e. The van der Waals surface area contributed by atoms with Gasteiger partial charge in [-0.15, -0.1) is 0 Å². The third-order valence-corrected chi connectivity index (χ3v) is 5.01. The van der Waals surface area contributed by atoms with Crippen LogP contribution < -0.4 is 0 Å². The molecule has 1 aromatic rings. The summed E-state index contributed by atoms with van der Waals surface area (Å²) in [5.74, 6) is 0. The second-order valence-corrected chi connectivity index (χ2v) is 6.60. The normalized spacial score (nSPS) is 25.0. The molecule has 0 aromatic heterocycles. The van der Waals surface area contributed by atoms with Crippen molar-refractivity contribution in [3.05, 3.63) is 35.4 Å². The highest BCUT2D eigenvalue weighted by Crippen LogP contribution is 2.23. The maximum atomic E-state index is 10.5. The first-order valence-electron chi connectivity index (χ1n) is 8.49. The van der Waals surface area contributed by atoms with E-state index in [1.165, 1.54) is 37.9 Å². The van der Waals surface area contributed by atoms with Crippen molar-refractivity contribution in [3.63, 3.8) is 0 Å². The van der Waals surface area contributed by atoms with Gasteiger partial charge in [0.2, 0.25) is 0 Å². The lowest BCUT2D eigenvalue weighted by Crippen LogP contribution is -2.50. The summed E-state index contributed by atoms with van der Waals surface area (Å²) in [5, 5.41) is 10.5. The largest absolute Gasteiger partial charge is 0.387 e. The number of aryl methyl sites for hydroxylation is 1. The van der Waals surface area contributed by atoms with Crippen LogP contribution in [0.2, 0.25) is 0 Å². The van der Waals surface area contributed by atoms with Gasteiger partial charge in [-0.25, -0.2) is 0 Å². The van der Waals surface area contributed by atoms with E-state index >= 15 is 0 Å². The number of aliphatic hydroxyl groups excluding tert-OH is 1. The van der Waals surface area contributed by atoms with E-state index in [2.05, 4.69) is 41.0 Å². The van der Waals surface area contributed by atoms with Crippen LogP contribution >= 0.6 is 0 Å². The lowest BCUT2D eigenvalue weighted by Gasteiger charge is -2.38. The molecule has 2 heterocycles. The van der Waals surface area contributed by atoms with Crippen LogP contribution in [0, 0.1) is 0 Å². The Morgan fingerprint density at radius 1 is 1.19 bits per heavy atom. The minimum absolute atomic E-state index is 0.353. The Hall–Kier alpha value is -0.900. The summed E-state index contributed by atoms with van der Waals surface area (Å²) >= 11 is 0. The van der Waals surface area contributed by atoms with Gasteiger partial charge >= 0.3 is 0 Å². The molecular formula is C18H28N2O. The maximum absolute atomic E-state index is 10.5. The van der Waals surface area contributed by atoms with E-state index < -0.39 is 0 Å². The molecule has 0 saturated carbocycles. The van der Waals surface area contributed by atoms with E-state index in [9.17, 15) is 5.11 Å². The summed E-state index contributed by atoms with van der Waals surface area (Å²) in [7, 11) is 0. The van der Waals surface area contributed by atoms with Gasteiger partial charge in [0.1, 0.15) is 0 Å². The first-order valence-corrected chi connectivity index (χ1v) is 8.49. The number of fused-ring (bicyclic) bond motifs is 1. The van der Waals surface area contributed by atoms with Crippen molar-refractivity contribution < 1.29 is 5.11 Å². The lowest BCUT2D eigenvalue weighted by atomic mass is 10.0. The van der Waals surface area contributed by atoms with Gasteiger partial charge in [0.25, 0.3) is 0 Å². The van der Waals surface area contributed by atoms with Crippen LogP contribution in [-0.4, -0.2) is 53.7 Å². The van der Waals surface area contributed by atoms with Crippen LogP contribution in [0.4, 0.5) is 0 Å². The zero-order chi connectivity index (χ0) is 14.7. The summed E-state index contributed by atoms with van der Waals surface area (Å²) in [6.45, 7) is 7.65. The number of nitrogens with zero attached hydrogens (tertiary/aromatic N) is 2. The molecule has 3 nitrogen and oxygen atoms in total. The molecule has 116 valence electrons. The Morgan fingerprint density at radius 2 is 2.00 bits per heavy atom. The molecule has 0 spiro atoms. The summed E-state index contributed by atoms with van der Waals surface area (Å²) in [6, 6.07) is 9.26. The Morgan fingerprint density at radius 3 is 2.76 bits per heavy atom. The van der Waals surface area contributed by atoms with Gasteiger partial charge in [-0.2, -0.15) is 0 Å². The van der Waals surface area contributed by atoms with E-state index in [-0.39, 0.29) is 6.10 Å². The van der Waals surface area contributed by atoms with E-state index in [0.29, 0.717) is 0 Å². The third kappa shape index (κ3) is 3.65. The first-order chi connectivity index (χ1) is 10.3. The van der Waals surface area contributed by atoms with E-state index in [0.717, 1.165) is 37.7 Å². The molecule has 2 aliphatic rings. The van der Waals surface area contributed by atoms with Crippen LogP contribution in [0.3, 0.4) is 0 Å². The Kier molecular flexibility index (Phi) is 4.94. The highest BCUT2D eigenvalue weighted by molar-refractivity contribution is 5.24. The molecule has 0 radical (unpaired) electrons. The SMILES string of the molecule is CCCc1ccc(C(O)CN2CCN3CCCC3C2)cc1. The predicted molar refractivity (Wildman–Crippen MR) is 86.4 cm³/mol.